The lowest BCUT2D eigenvalue weighted by Gasteiger charge is -2.38. The molecular weight excluding hydrogens is 500 g/mol. The van der Waals surface area contributed by atoms with E-state index in [1.165, 1.54) is 0 Å². The Labute approximate surface area is 236 Å². The van der Waals surface area contributed by atoms with Gasteiger partial charge < -0.3 is 20.9 Å². The summed E-state index contributed by atoms with van der Waals surface area (Å²) >= 11 is 0. The first-order valence-corrected chi connectivity index (χ1v) is 14.3. The van der Waals surface area contributed by atoms with Crippen molar-refractivity contribution >= 4 is 17.7 Å². The van der Waals surface area contributed by atoms with Crippen LogP contribution in [-0.2, 0) is 19.8 Å². The van der Waals surface area contributed by atoms with Crippen LogP contribution in [0.15, 0.2) is 91.0 Å². The average molecular weight is 539 g/mol. The molecule has 208 valence electrons. The van der Waals surface area contributed by atoms with E-state index in [9.17, 15) is 14.4 Å². The van der Waals surface area contributed by atoms with E-state index in [4.69, 9.17) is 5.73 Å². The van der Waals surface area contributed by atoms with E-state index < -0.39 is 17.5 Å². The van der Waals surface area contributed by atoms with Crippen molar-refractivity contribution in [3.63, 3.8) is 0 Å². The highest BCUT2D eigenvalue weighted by Crippen LogP contribution is 2.43. The van der Waals surface area contributed by atoms with Gasteiger partial charge in [0.2, 0.25) is 17.7 Å². The Balaban J connectivity index is 1.47. The van der Waals surface area contributed by atoms with Crippen LogP contribution in [0.2, 0.25) is 0 Å². The molecule has 2 atom stereocenters. The Bertz CT molecular complexity index is 1200. The van der Waals surface area contributed by atoms with Crippen LogP contribution >= 0.6 is 0 Å². The van der Waals surface area contributed by atoms with Crippen LogP contribution in [0.1, 0.15) is 48.8 Å². The maximum Gasteiger partial charge on any atom is 0.246 e. The van der Waals surface area contributed by atoms with Crippen LogP contribution in [0.3, 0.4) is 0 Å². The lowest BCUT2D eigenvalue weighted by Crippen LogP contribution is -2.53. The number of nitrogens with one attached hydrogen (secondary N) is 1. The highest BCUT2D eigenvalue weighted by atomic mass is 16.2. The zero-order valence-electron chi connectivity index (χ0n) is 22.9. The molecule has 2 aliphatic heterocycles. The van der Waals surface area contributed by atoms with Crippen molar-refractivity contribution in [2.75, 3.05) is 26.2 Å². The first-order chi connectivity index (χ1) is 19.6. The maximum absolute atomic E-state index is 14.3. The predicted octanol–water partition coefficient (Wildman–Crippen LogP) is 3.47. The quantitative estimate of drug-likeness (QED) is 0.408. The third kappa shape index (κ3) is 5.39. The second kappa shape index (κ2) is 12.5. The molecule has 2 saturated heterocycles. The van der Waals surface area contributed by atoms with E-state index in [2.05, 4.69) is 41.7 Å². The number of nitrogens with two attached hydrogens (primary N) is 1. The lowest BCUT2D eigenvalue weighted by atomic mass is 9.67. The van der Waals surface area contributed by atoms with Gasteiger partial charge in [0.25, 0.3) is 0 Å². The molecule has 2 aliphatic rings. The summed E-state index contributed by atoms with van der Waals surface area (Å²) in [5, 5.41) is 2.83. The first kappa shape index (κ1) is 27.6. The summed E-state index contributed by atoms with van der Waals surface area (Å²) in [5.74, 6) is -0.347. The maximum atomic E-state index is 14.3. The van der Waals surface area contributed by atoms with Gasteiger partial charge in [-0.2, -0.15) is 0 Å². The molecular formula is C33H38N4O3. The molecule has 40 heavy (non-hydrogen) atoms. The van der Waals surface area contributed by atoms with E-state index in [1.807, 2.05) is 54.6 Å². The molecule has 2 heterocycles. The zero-order valence-corrected chi connectivity index (χ0v) is 22.9. The van der Waals surface area contributed by atoms with Gasteiger partial charge in [-0.15, -0.1) is 0 Å². The molecule has 3 aromatic rings. The van der Waals surface area contributed by atoms with Crippen molar-refractivity contribution in [2.24, 2.45) is 5.73 Å². The number of hydrogen-bond acceptors (Lipinski definition) is 4. The Hall–Kier alpha value is -3.97. The van der Waals surface area contributed by atoms with Gasteiger partial charge in [-0.25, -0.2) is 0 Å². The highest BCUT2D eigenvalue weighted by Gasteiger charge is 2.45. The second-order valence-electron chi connectivity index (χ2n) is 10.7. The molecule has 0 saturated carbocycles. The molecule has 0 spiro atoms. The Morgan fingerprint density at radius 3 is 1.70 bits per heavy atom. The Morgan fingerprint density at radius 2 is 1.20 bits per heavy atom. The van der Waals surface area contributed by atoms with Crippen LogP contribution in [0.4, 0.5) is 0 Å². The topological polar surface area (TPSA) is 95.7 Å². The number of amides is 3. The van der Waals surface area contributed by atoms with Crippen molar-refractivity contribution < 1.29 is 14.4 Å². The van der Waals surface area contributed by atoms with Crippen LogP contribution in [-0.4, -0.2) is 65.8 Å². The molecule has 7 heteroatoms. The SMILES string of the molecule is NCCNC(=O)[C@H]1CCCN1C(=O)[C@@H]1CCCN1C(=O)CC(c1ccccc1)(c1ccccc1)c1ccccc1. The fourth-order valence-electron chi connectivity index (χ4n) is 6.43. The van der Waals surface area contributed by atoms with Crippen molar-refractivity contribution in [1.29, 1.82) is 0 Å². The average Bonchev–Trinajstić information content (AvgIpc) is 3.70. The molecule has 0 aliphatic carbocycles. The predicted molar refractivity (Wildman–Crippen MR) is 155 cm³/mol. The molecule has 0 unspecified atom stereocenters. The fraction of sp³-hybridized carbons (Fsp3) is 0.364. The van der Waals surface area contributed by atoms with Crippen molar-refractivity contribution in [3.8, 4) is 0 Å². The molecule has 5 rings (SSSR count). The van der Waals surface area contributed by atoms with Crippen LogP contribution in [0, 0.1) is 0 Å². The van der Waals surface area contributed by atoms with Gasteiger partial charge in [-0.3, -0.25) is 14.4 Å². The molecule has 3 aromatic carbocycles. The summed E-state index contributed by atoms with van der Waals surface area (Å²) < 4.78 is 0. The smallest absolute Gasteiger partial charge is 0.246 e. The number of likely N-dealkylation sites (tertiary alicyclic amines) is 2. The summed E-state index contributed by atoms with van der Waals surface area (Å²) in [7, 11) is 0. The monoisotopic (exact) mass is 538 g/mol. The van der Waals surface area contributed by atoms with Crippen molar-refractivity contribution in [2.45, 2.75) is 49.6 Å². The van der Waals surface area contributed by atoms with Gasteiger partial charge in [0.05, 0.1) is 5.41 Å². The standard InChI is InChI=1S/C33H38N4O3/c34-20-21-35-31(39)28-18-10-23-37(28)32(40)29-19-11-22-36(29)30(38)24-33(25-12-4-1-5-13-25,26-14-6-2-7-15-26)27-16-8-3-9-17-27/h1-9,12-17,28-29H,10-11,18-24,34H2,(H,35,39)/t28-,29+/m1/s1. The molecule has 3 amide bonds. The minimum absolute atomic E-state index is 0.0595. The third-order valence-corrected chi connectivity index (χ3v) is 8.36. The zero-order chi connectivity index (χ0) is 28.0. The van der Waals surface area contributed by atoms with Gasteiger partial charge in [0.15, 0.2) is 0 Å². The van der Waals surface area contributed by atoms with Gasteiger partial charge in [0, 0.05) is 32.6 Å². The van der Waals surface area contributed by atoms with E-state index in [0.29, 0.717) is 39.0 Å². The molecule has 2 fully saturated rings. The first-order valence-electron chi connectivity index (χ1n) is 14.3. The fourth-order valence-corrected chi connectivity index (χ4v) is 6.43. The van der Waals surface area contributed by atoms with Gasteiger partial charge in [-0.1, -0.05) is 91.0 Å². The summed E-state index contributed by atoms with van der Waals surface area (Å²) in [5.41, 5.74) is 7.91. The number of nitrogens with zero attached hydrogens (tertiary/aromatic N) is 2. The lowest BCUT2D eigenvalue weighted by molar-refractivity contribution is -0.146. The van der Waals surface area contributed by atoms with E-state index >= 15 is 0 Å². The van der Waals surface area contributed by atoms with E-state index in [-0.39, 0.29) is 24.1 Å². The van der Waals surface area contributed by atoms with E-state index in [0.717, 1.165) is 29.5 Å². The Kier molecular flexibility index (Phi) is 8.60. The van der Waals surface area contributed by atoms with Crippen molar-refractivity contribution in [1.82, 2.24) is 15.1 Å². The highest BCUT2D eigenvalue weighted by molar-refractivity contribution is 5.93. The number of rotatable bonds is 9. The summed E-state index contributed by atoms with van der Waals surface area (Å²) in [6.45, 7) is 1.79. The minimum atomic E-state index is -0.727. The third-order valence-electron chi connectivity index (χ3n) is 8.36. The van der Waals surface area contributed by atoms with Gasteiger partial charge >= 0.3 is 0 Å². The number of benzene rings is 3. The minimum Gasteiger partial charge on any atom is -0.353 e. The summed E-state index contributed by atoms with van der Waals surface area (Å²) in [4.78, 5) is 44.4. The number of carbonyl (C=O) groups is 3. The van der Waals surface area contributed by atoms with Gasteiger partial charge in [-0.05, 0) is 42.4 Å². The largest absolute Gasteiger partial charge is 0.353 e. The molecule has 3 N–H and O–H groups in total. The van der Waals surface area contributed by atoms with Gasteiger partial charge in [0.1, 0.15) is 12.1 Å². The Morgan fingerprint density at radius 1 is 0.725 bits per heavy atom. The van der Waals surface area contributed by atoms with Crippen LogP contribution in [0.5, 0.6) is 0 Å². The number of hydrogen-bond donors (Lipinski definition) is 2. The summed E-state index contributed by atoms with van der Waals surface area (Å²) in [6.07, 6.45) is 2.95. The molecule has 0 aromatic heterocycles. The molecule has 7 nitrogen and oxygen atoms in total. The molecule has 0 bridgehead atoms. The second-order valence-corrected chi connectivity index (χ2v) is 10.7. The summed E-state index contributed by atoms with van der Waals surface area (Å²) in [6, 6.07) is 29.4. The van der Waals surface area contributed by atoms with E-state index in [1.54, 1.807) is 9.80 Å². The van der Waals surface area contributed by atoms with Crippen molar-refractivity contribution in [3.05, 3.63) is 108 Å². The van der Waals surface area contributed by atoms with Crippen LogP contribution in [0.25, 0.3) is 0 Å². The normalized spacial score (nSPS) is 19.0. The van der Waals surface area contributed by atoms with Crippen LogP contribution < -0.4 is 11.1 Å². The number of carbonyl (C=O) groups excluding carboxylic acids is 3. The molecule has 0 radical (unpaired) electrons.